The zero-order valence-electron chi connectivity index (χ0n) is 38.2. The van der Waals surface area contributed by atoms with Crippen LogP contribution in [0.25, 0.3) is 0 Å². The number of rotatable bonds is 18. The van der Waals surface area contributed by atoms with E-state index >= 15 is 0 Å². The van der Waals surface area contributed by atoms with E-state index in [4.69, 9.17) is 14.6 Å². The number of nitrogens with zero attached hydrogens (tertiary/aromatic N) is 5. The minimum atomic E-state index is -1.92. The van der Waals surface area contributed by atoms with Crippen LogP contribution in [0.4, 0.5) is 5.13 Å². The molecule has 72 heavy (non-hydrogen) atoms. The molecule has 0 radical (unpaired) electrons. The first-order valence-corrected chi connectivity index (χ1v) is 25.5. The highest BCUT2D eigenvalue weighted by Crippen LogP contribution is 2.42. The van der Waals surface area contributed by atoms with Crippen LogP contribution in [0.3, 0.4) is 0 Å². The Hall–Kier alpha value is -7.88. The number of esters is 1. The van der Waals surface area contributed by atoms with Crippen LogP contribution in [0.15, 0.2) is 200 Å². The van der Waals surface area contributed by atoms with Gasteiger partial charge in [-0.05, 0) is 50.5 Å². The highest BCUT2D eigenvalue weighted by atomic mass is 32.2. The van der Waals surface area contributed by atoms with E-state index in [-0.39, 0.29) is 40.1 Å². The largest absolute Gasteiger partial charge is 0.614 e. The van der Waals surface area contributed by atoms with Gasteiger partial charge in [0, 0.05) is 11.0 Å². The molecule has 4 heterocycles. The van der Waals surface area contributed by atoms with Crippen LogP contribution in [0.5, 0.6) is 0 Å². The maximum atomic E-state index is 14.7. The Morgan fingerprint density at radius 2 is 1.46 bits per heavy atom. The second kappa shape index (κ2) is 22.0. The number of aliphatic hydroxyl groups is 1. The number of H-pyrrole nitrogens is 1. The summed E-state index contributed by atoms with van der Waals surface area (Å²) in [7, 11) is 1.27. The summed E-state index contributed by atoms with van der Waals surface area (Å²) in [5, 5.41) is 28.4. The first-order valence-electron chi connectivity index (χ1n) is 22.3. The third kappa shape index (κ3) is 9.90. The number of anilines is 1. The van der Waals surface area contributed by atoms with E-state index in [1.165, 1.54) is 29.9 Å². The van der Waals surface area contributed by atoms with E-state index in [0.29, 0.717) is 16.3 Å². The Morgan fingerprint density at radius 3 is 2.00 bits per heavy atom. The van der Waals surface area contributed by atoms with Crippen LogP contribution in [0, 0.1) is 0 Å². The van der Waals surface area contributed by atoms with Crippen molar-refractivity contribution in [2.75, 3.05) is 24.8 Å². The van der Waals surface area contributed by atoms with E-state index in [1.807, 2.05) is 103 Å². The van der Waals surface area contributed by atoms with Gasteiger partial charge in [-0.2, -0.15) is 0 Å². The SMILES string of the molecule is CON=C(C(=O)NC1C(=O)N2C(C(=O)OC(c3ccccc3)c3ccccc3)=C(C=CSc3n[nH]c(=O)c(=O)n3CCO)C[S+]([O-])C12)c1csc(NC(c2ccccc2)(c2ccccc2)c2ccccc2)n1. The van der Waals surface area contributed by atoms with Crippen LogP contribution in [0.1, 0.15) is 39.6 Å². The molecule has 0 saturated carbocycles. The van der Waals surface area contributed by atoms with Crippen molar-refractivity contribution in [1.29, 1.82) is 0 Å². The number of aromatic nitrogens is 4. The molecule has 0 bridgehead atoms. The Bertz CT molecular complexity index is 3150. The van der Waals surface area contributed by atoms with Gasteiger partial charge in [0.25, 0.3) is 11.8 Å². The second-order valence-electron chi connectivity index (χ2n) is 16.1. The molecule has 17 nitrogen and oxygen atoms in total. The van der Waals surface area contributed by atoms with Gasteiger partial charge in [0.15, 0.2) is 28.1 Å². The number of thioether (sulfide) groups is 1. The average Bonchev–Trinajstić information content (AvgIpc) is 3.88. The predicted octanol–water partition coefficient (Wildman–Crippen LogP) is 5.44. The fourth-order valence-corrected chi connectivity index (χ4v) is 11.7. The van der Waals surface area contributed by atoms with Gasteiger partial charge >= 0.3 is 17.1 Å². The van der Waals surface area contributed by atoms with Crippen molar-refractivity contribution >= 4 is 62.9 Å². The Balaban J connectivity index is 1.02. The van der Waals surface area contributed by atoms with Crippen LogP contribution in [0.2, 0.25) is 0 Å². The number of ether oxygens (including phenoxy) is 1. The lowest BCUT2D eigenvalue weighted by Gasteiger charge is -2.49. The average molecular weight is 1020 g/mol. The molecule has 2 aliphatic rings. The summed E-state index contributed by atoms with van der Waals surface area (Å²) in [6.45, 7) is -0.676. The van der Waals surface area contributed by atoms with Crippen LogP contribution in [-0.4, -0.2) is 88.7 Å². The first kappa shape index (κ1) is 49.1. The number of carbonyl (C=O) groups is 3. The fourth-order valence-electron chi connectivity index (χ4n) is 8.54. The molecular weight excluding hydrogens is 977 g/mol. The van der Waals surface area contributed by atoms with Crippen LogP contribution < -0.4 is 21.8 Å². The summed E-state index contributed by atoms with van der Waals surface area (Å²) < 4.78 is 21.5. The molecule has 1 saturated heterocycles. The van der Waals surface area contributed by atoms with E-state index in [1.54, 1.807) is 53.9 Å². The zero-order valence-corrected chi connectivity index (χ0v) is 40.6. The number of aromatic amines is 1. The Kier molecular flexibility index (Phi) is 15.0. The molecule has 0 spiro atoms. The topological polar surface area (TPSA) is 233 Å². The molecule has 0 aliphatic carbocycles. The minimum absolute atomic E-state index is 0.0138. The van der Waals surface area contributed by atoms with Gasteiger partial charge in [-0.3, -0.25) is 28.6 Å². The third-order valence-corrected chi connectivity index (χ3v) is 15.0. The summed E-state index contributed by atoms with van der Waals surface area (Å²) in [6.07, 6.45) is 0.514. The lowest BCUT2D eigenvalue weighted by molar-refractivity contribution is -0.154. The number of hydrogen-bond donors (Lipinski definition) is 4. The number of oxime groups is 1. The van der Waals surface area contributed by atoms with Gasteiger partial charge < -0.3 is 29.9 Å². The summed E-state index contributed by atoms with van der Waals surface area (Å²) in [6, 6.07) is 46.4. The van der Waals surface area contributed by atoms with Gasteiger partial charge in [0.2, 0.25) is 5.37 Å². The molecule has 3 atom stereocenters. The van der Waals surface area contributed by atoms with E-state index in [0.717, 1.165) is 37.9 Å². The summed E-state index contributed by atoms with van der Waals surface area (Å²) in [5.41, 5.74) is 0.998. The lowest BCUT2D eigenvalue weighted by atomic mass is 9.77. The number of amides is 2. The minimum Gasteiger partial charge on any atom is -0.614 e. The number of aliphatic hydroxyl groups excluding tert-OH is 1. The van der Waals surface area contributed by atoms with Crippen molar-refractivity contribution in [2.45, 2.75) is 34.8 Å². The number of thiazole rings is 1. The third-order valence-electron chi connectivity index (χ3n) is 11.8. The molecule has 2 aromatic heterocycles. The zero-order chi connectivity index (χ0) is 50.2. The number of hydrogen-bond acceptors (Lipinski definition) is 15. The normalized spacial score (nSPS) is 16.8. The van der Waals surface area contributed by atoms with Crippen molar-refractivity contribution in [3.63, 3.8) is 0 Å². The molecule has 364 valence electrons. The molecule has 7 aromatic rings. The van der Waals surface area contributed by atoms with Crippen molar-refractivity contribution < 1.29 is 33.6 Å². The highest BCUT2D eigenvalue weighted by molar-refractivity contribution is 8.02. The highest BCUT2D eigenvalue weighted by Gasteiger charge is 2.61. The number of nitrogens with one attached hydrogen (secondary N) is 3. The molecule has 4 N–H and O–H groups in total. The van der Waals surface area contributed by atoms with Gasteiger partial charge in [-0.1, -0.05) is 169 Å². The number of benzene rings is 5. The summed E-state index contributed by atoms with van der Waals surface area (Å²) >= 11 is 0.186. The van der Waals surface area contributed by atoms with E-state index in [2.05, 4.69) is 26.0 Å². The Labute approximate surface area is 423 Å². The van der Waals surface area contributed by atoms with Crippen molar-refractivity contribution in [1.82, 2.24) is 30.0 Å². The van der Waals surface area contributed by atoms with Gasteiger partial charge in [-0.15, -0.1) is 16.4 Å². The molecule has 20 heteroatoms. The van der Waals surface area contributed by atoms with Crippen molar-refractivity contribution in [3.05, 3.63) is 234 Å². The van der Waals surface area contributed by atoms with E-state index in [9.17, 15) is 33.6 Å². The molecule has 3 unspecified atom stereocenters. The number of allylic oxidation sites excluding steroid dienone is 1. The number of carbonyl (C=O) groups excluding carboxylic acids is 3. The summed E-state index contributed by atoms with van der Waals surface area (Å²) in [5.74, 6) is -2.79. The fraction of sp³-hybridized carbons (Fsp3) is 0.154. The van der Waals surface area contributed by atoms with Crippen molar-refractivity contribution in [3.8, 4) is 0 Å². The summed E-state index contributed by atoms with van der Waals surface area (Å²) in [4.78, 5) is 79.1. The van der Waals surface area contributed by atoms with Gasteiger partial charge in [-0.25, -0.2) is 14.9 Å². The second-order valence-corrected chi connectivity index (χ2v) is 19.4. The predicted molar refractivity (Wildman–Crippen MR) is 273 cm³/mol. The standard InChI is InChI=1S/C52H44N8O9S3/c1-68-58-40(39-31-71-50(53-39)55-52(36-21-11-4-12-22-36,37-23-13-5-14-24-37)38-25-15-6-16-26-38)44(62)54-41-46(64)60-42(49(66)69-43(33-17-7-2-8-18-33)34-19-9-3-10-20-34)35(32-72(67)48(41)60)27-30-70-51-57-56-45(63)47(65)59(51)28-29-61/h2-27,30-31,41,43,48,61H,28-29,32H2,1H3,(H,53,55)(H,54,62)(H,56,63). The number of fused-ring (bicyclic) bond motifs is 1. The molecular formula is C52H44N8O9S3. The first-order chi connectivity index (χ1) is 35.1. The van der Waals surface area contributed by atoms with Crippen molar-refractivity contribution in [2.24, 2.45) is 5.16 Å². The van der Waals surface area contributed by atoms with Gasteiger partial charge in [0.05, 0.1) is 13.2 Å². The molecule has 2 aliphatic heterocycles. The molecule has 2 amide bonds. The van der Waals surface area contributed by atoms with Gasteiger partial charge in [0.1, 0.15) is 29.8 Å². The lowest BCUT2D eigenvalue weighted by Crippen LogP contribution is -2.75. The molecule has 5 aromatic carbocycles. The van der Waals surface area contributed by atoms with Crippen LogP contribution >= 0.6 is 23.1 Å². The smallest absolute Gasteiger partial charge is 0.356 e. The maximum Gasteiger partial charge on any atom is 0.356 e. The molecule has 9 rings (SSSR count). The monoisotopic (exact) mass is 1020 g/mol. The Morgan fingerprint density at radius 1 is 0.903 bits per heavy atom. The van der Waals surface area contributed by atoms with E-state index < -0.39 is 69.7 Å². The van der Waals surface area contributed by atoms with Crippen LogP contribution in [-0.2, 0) is 47.2 Å². The quantitative estimate of drug-likeness (QED) is 0.0123. The number of β-lactam (4-membered cyclic amide) rings is 1. The molecule has 1 fully saturated rings. The maximum absolute atomic E-state index is 14.7.